The highest BCUT2D eigenvalue weighted by Crippen LogP contribution is 2.21. The maximum atomic E-state index is 12.6. The van der Waals surface area contributed by atoms with Gasteiger partial charge >= 0.3 is 0 Å². The van der Waals surface area contributed by atoms with E-state index in [9.17, 15) is 9.59 Å². The van der Waals surface area contributed by atoms with Crippen LogP contribution in [0.15, 0.2) is 47.4 Å². The Morgan fingerprint density at radius 3 is 2.75 bits per heavy atom. The highest BCUT2D eigenvalue weighted by Gasteiger charge is 2.33. The molecule has 3 aromatic rings. The summed E-state index contributed by atoms with van der Waals surface area (Å²) in [5.41, 5.74) is 3.23. The number of hydrogen-bond acceptors (Lipinski definition) is 5. The molecule has 28 heavy (non-hydrogen) atoms. The van der Waals surface area contributed by atoms with Gasteiger partial charge in [-0.25, -0.2) is 4.68 Å². The molecule has 0 N–H and O–H groups in total. The van der Waals surface area contributed by atoms with Crippen molar-refractivity contribution in [1.29, 1.82) is 0 Å². The molecule has 8 nitrogen and oxygen atoms in total. The molecule has 0 spiro atoms. The quantitative estimate of drug-likeness (QED) is 0.680. The molecule has 8 heteroatoms. The average Bonchev–Trinajstić information content (AvgIpc) is 3.34. The van der Waals surface area contributed by atoms with E-state index in [1.807, 2.05) is 30.3 Å². The van der Waals surface area contributed by atoms with Crippen LogP contribution in [0.1, 0.15) is 28.2 Å². The summed E-state index contributed by atoms with van der Waals surface area (Å²) in [7, 11) is 0. The van der Waals surface area contributed by atoms with Crippen LogP contribution in [0, 0.1) is 5.92 Å². The molecule has 0 unspecified atom stereocenters. The van der Waals surface area contributed by atoms with Crippen molar-refractivity contribution in [3.8, 4) is 5.69 Å². The molecule has 1 saturated heterocycles. The molecule has 1 fully saturated rings. The van der Waals surface area contributed by atoms with Crippen molar-refractivity contribution in [2.45, 2.75) is 25.8 Å². The van der Waals surface area contributed by atoms with Crippen LogP contribution in [0.5, 0.6) is 0 Å². The van der Waals surface area contributed by atoms with Crippen molar-refractivity contribution in [2.75, 3.05) is 13.1 Å². The number of rotatable bonds is 4. The Labute approximate surface area is 161 Å². The predicted molar refractivity (Wildman–Crippen MR) is 101 cm³/mol. The first kappa shape index (κ1) is 16.9. The van der Waals surface area contributed by atoms with Crippen molar-refractivity contribution in [3.05, 3.63) is 69.9 Å². The van der Waals surface area contributed by atoms with Gasteiger partial charge in [-0.1, -0.05) is 18.2 Å². The van der Waals surface area contributed by atoms with E-state index in [1.165, 1.54) is 11.0 Å². The molecule has 0 atom stereocenters. The lowest BCUT2D eigenvalue weighted by Gasteiger charge is -2.38. The first-order valence-electron chi connectivity index (χ1n) is 9.54. The third-order valence-corrected chi connectivity index (χ3v) is 5.40. The van der Waals surface area contributed by atoms with Gasteiger partial charge in [-0.05, 0) is 37.0 Å². The Morgan fingerprint density at radius 2 is 1.93 bits per heavy atom. The molecule has 0 saturated carbocycles. The van der Waals surface area contributed by atoms with Crippen molar-refractivity contribution < 1.29 is 4.79 Å². The monoisotopic (exact) mass is 376 g/mol. The van der Waals surface area contributed by atoms with Crippen molar-refractivity contribution in [1.82, 2.24) is 29.7 Å². The van der Waals surface area contributed by atoms with Crippen molar-refractivity contribution in [3.63, 3.8) is 0 Å². The third kappa shape index (κ3) is 3.00. The molecule has 2 aromatic heterocycles. The number of benzene rings is 1. The molecule has 0 radical (unpaired) electrons. The zero-order valence-electron chi connectivity index (χ0n) is 15.4. The molecule has 1 aliphatic carbocycles. The summed E-state index contributed by atoms with van der Waals surface area (Å²) in [5, 5.41) is 13.0. The van der Waals surface area contributed by atoms with Crippen LogP contribution in [0.3, 0.4) is 0 Å². The van der Waals surface area contributed by atoms with Gasteiger partial charge in [0.2, 0.25) is 0 Å². The molecule has 1 amide bonds. The smallest absolute Gasteiger partial charge is 0.276 e. The molecular weight excluding hydrogens is 356 g/mol. The van der Waals surface area contributed by atoms with Crippen LogP contribution >= 0.6 is 0 Å². The van der Waals surface area contributed by atoms with Crippen LogP contribution in [-0.2, 0) is 19.4 Å². The predicted octanol–water partition coefficient (Wildman–Crippen LogP) is 1.08. The van der Waals surface area contributed by atoms with Crippen LogP contribution < -0.4 is 5.56 Å². The molecule has 2 aliphatic rings. The maximum absolute atomic E-state index is 12.6. The number of para-hydroxylation sites is 1. The van der Waals surface area contributed by atoms with Crippen LogP contribution in [0.2, 0.25) is 0 Å². The van der Waals surface area contributed by atoms with Gasteiger partial charge in [0, 0.05) is 25.1 Å². The molecule has 1 aliphatic heterocycles. The molecule has 5 rings (SSSR count). The fourth-order valence-corrected chi connectivity index (χ4v) is 3.87. The zero-order valence-corrected chi connectivity index (χ0v) is 15.4. The molecule has 142 valence electrons. The average molecular weight is 376 g/mol. The van der Waals surface area contributed by atoms with Crippen LogP contribution in [0.25, 0.3) is 5.69 Å². The first-order valence-corrected chi connectivity index (χ1v) is 9.54. The fourth-order valence-electron chi connectivity index (χ4n) is 3.87. The minimum absolute atomic E-state index is 0.0452. The number of likely N-dealkylation sites (tertiary alicyclic amines) is 1. The van der Waals surface area contributed by atoms with E-state index < -0.39 is 0 Å². The fraction of sp³-hybridized carbons (Fsp3) is 0.350. The minimum Gasteiger partial charge on any atom is -0.336 e. The summed E-state index contributed by atoms with van der Waals surface area (Å²) in [6.45, 7) is 1.75. The second-order valence-corrected chi connectivity index (χ2v) is 7.42. The number of aryl methyl sites for hydroxylation is 2. The van der Waals surface area contributed by atoms with E-state index >= 15 is 0 Å². The topological polar surface area (TPSA) is 85.9 Å². The van der Waals surface area contributed by atoms with E-state index in [4.69, 9.17) is 0 Å². The number of carbonyl (C=O) groups excluding carboxylic acids is 1. The lowest BCUT2D eigenvalue weighted by atomic mass is 10.00. The van der Waals surface area contributed by atoms with Crippen molar-refractivity contribution in [2.24, 2.45) is 5.92 Å². The summed E-state index contributed by atoms with van der Waals surface area (Å²) in [6.07, 6.45) is 4.46. The van der Waals surface area contributed by atoms with E-state index in [0.717, 1.165) is 36.2 Å². The summed E-state index contributed by atoms with van der Waals surface area (Å²) in [5.74, 6) is 0.102. The van der Waals surface area contributed by atoms with Gasteiger partial charge in [0.25, 0.3) is 11.5 Å². The number of amides is 1. The number of carbonyl (C=O) groups is 1. The standard InChI is InChI=1S/C20H20N6O2/c27-19-9-15-5-4-8-17(15)22-25(19)13-14-11-24(12-14)20(28)18-10-21-26(23-18)16-6-2-1-3-7-16/h1-3,6-7,9-10,14H,4-5,8,11-13H2. The maximum Gasteiger partial charge on any atom is 0.276 e. The van der Waals surface area contributed by atoms with Crippen LogP contribution in [-0.4, -0.2) is 48.7 Å². The molecule has 1 aromatic carbocycles. The van der Waals surface area contributed by atoms with Crippen LogP contribution in [0.4, 0.5) is 0 Å². The van der Waals surface area contributed by atoms with E-state index in [-0.39, 0.29) is 17.4 Å². The molecular formula is C20H20N6O2. The van der Waals surface area contributed by atoms with Gasteiger partial charge in [0.1, 0.15) is 0 Å². The van der Waals surface area contributed by atoms with Gasteiger partial charge in [-0.15, -0.1) is 5.10 Å². The Morgan fingerprint density at radius 1 is 1.11 bits per heavy atom. The Balaban J connectivity index is 1.22. The van der Waals surface area contributed by atoms with Gasteiger partial charge in [-0.2, -0.15) is 15.0 Å². The largest absolute Gasteiger partial charge is 0.336 e. The lowest BCUT2D eigenvalue weighted by molar-refractivity contribution is 0.0451. The summed E-state index contributed by atoms with van der Waals surface area (Å²) < 4.78 is 1.56. The van der Waals surface area contributed by atoms with Crippen molar-refractivity contribution >= 4 is 5.91 Å². The number of fused-ring (bicyclic) bond motifs is 1. The highest BCUT2D eigenvalue weighted by molar-refractivity contribution is 5.92. The summed E-state index contributed by atoms with van der Waals surface area (Å²) in [4.78, 5) is 28.0. The molecule has 0 bridgehead atoms. The first-order chi connectivity index (χ1) is 13.7. The third-order valence-electron chi connectivity index (χ3n) is 5.40. The Bertz CT molecular complexity index is 1080. The normalized spacial score (nSPS) is 16.1. The van der Waals surface area contributed by atoms with Gasteiger partial charge in [0.05, 0.1) is 24.1 Å². The minimum atomic E-state index is -0.132. The number of hydrogen-bond donors (Lipinski definition) is 0. The van der Waals surface area contributed by atoms with E-state index in [0.29, 0.717) is 25.3 Å². The zero-order chi connectivity index (χ0) is 19.1. The Kier molecular flexibility index (Phi) is 4.03. The van der Waals surface area contributed by atoms with Gasteiger partial charge in [0.15, 0.2) is 5.69 Å². The number of nitrogens with zero attached hydrogens (tertiary/aromatic N) is 6. The second-order valence-electron chi connectivity index (χ2n) is 7.42. The Hall–Kier alpha value is -3.29. The SMILES string of the molecule is O=C(c1cnn(-c2ccccc2)n1)N1CC(Cn2nc3c(cc2=O)CCC3)C1. The van der Waals surface area contributed by atoms with E-state index in [2.05, 4.69) is 15.3 Å². The van der Waals surface area contributed by atoms with Gasteiger partial charge < -0.3 is 4.90 Å². The lowest BCUT2D eigenvalue weighted by Crippen LogP contribution is -2.52. The second kappa shape index (κ2) is 6.70. The molecule has 3 heterocycles. The van der Waals surface area contributed by atoms with E-state index in [1.54, 1.807) is 15.6 Å². The highest BCUT2D eigenvalue weighted by atomic mass is 16.2. The van der Waals surface area contributed by atoms with Gasteiger partial charge in [-0.3, -0.25) is 9.59 Å². The summed E-state index contributed by atoms with van der Waals surface area (Å²) in [6, 6.07) is 11.2. The number of aromatic nitrogens is 5. The summed E-state index contributed by atoms with van der Waals surface area (Å²) >= 11 is 0.